The van der Waals surface area contributed by atoms with Crippen LogP contribution in [0.2, 0.25) is 0 Å². The lowest BCUT2D eigenvalue weighted by Gasteiger charge is -2.15. The van der Waals surface area contributed by atoms with Gasteiger partial charge in [0.05, 0.1) is 13.0 Å². The van der Waals surface area contributed by atoms with Gasteiger partial charge in [-0.1, -0.05) is 12.1 Å². The summed E-state index contributed by atoms with van der Waals surface area (Å²) >= 11 is 0. The molecule has 5 nitrogen and oxygen atoms in total. The zero-order chi connectivity index (χ0) is 14.1. The number of nitrogens with zero attached hydrogens (tertiary/aromatic N) is 3. The van der Waals surface area contributed by atoms with Gasteiger partial charge in [0.15, 0.2) is 5.78 Å². The van der Waals surface area contributed by atoms with Gasteiger partial charge in [0, 0.05) is 24.6 Å². The van der Waals surface area contributed by atoms with Gasteiger partial charge in [-0.3, -0.25) is 9.59 Å². The maximum atomic E-state index is 11.7. The van der Waals surface area contributed by atoms with E-state index >= 15 is 0 Å². The van der Waals surface area contributed by atoms with Crippen LogP contribution in [-0.4, -0.2) is 27.8 Å². The number of aryl methyl sites for hydroxylation is 1. The van der Waals surface area contributed by atoms with E-state index in [1.165, 1.54) is 4.90 Å². The number of aromatic nitrogens is 2. The first kappa shape index (κ1) is 12.6. The predicted molar refractivity (Wildman–Crippen MR) is 74.5 cm³/mol. The van der Waals surface area contributed by atoms with E-state index in [1.807, 2.05) is 37.4 Å². The van der Waals surface area contributed by atoms with Crippen molar-refractivity contribution in [3.05, 3.63) is 48.0 Å². The third-order valence-corrected chi connectivity index (χ3v) is 3.51. The molecular formula is C15H15N3O2. The van der Waals surface area contributed by atoms with Crippen molar-refractivity contribution < 1.29 is 9.59 Å². The standard InChI is InChI=1S/C15H15N3O2/c1-11-16-6-7-17(11)9-12-2-4-13(5-3-12)18-10-14(19)8-15(18)20/h2-7H,8-10H2,1H3. The van der Waals surface area contributed by atoms with Crippen LogP contribution in [-0.2, 0) is 16.1 Å². The summed E-state index contributed by atoms with van der Waals surface area (Å²) in [6.07, 6.45) is 3.74. The molecule has 0 aliphatic carbocycles. The van der Waals surface area contributed by atoms with E-state index in [-0.39, 0.29) is 24.7 Å². The van der Waals surface area contributed by atoms with Gasteiger partial charge in [0.25, 0.3) is 0 Å². The average Bonchev–Trinajstić information content (AvgIpc) is 2.97. The highest BCUT2D eigenvalue weighted by atomic mass is 16.2. The van der Waals surface area contributed by atoms with E-state index in [9.17, 15) is 9.59 Å². The van der Waals surface area contributed by atoms with E-state index in [2.05, 4.69) is 9.55 Å². The van der Waals surface area contributed by atoms with Crippen LogP contribution in [0.4, 0.5) is 5.69 Å². The Morgan fingerprint density at radius 2 is 1.95 bits per heavy atom. The summed E-state index contributed by atoms with van der Waals surface area (Å²) in [5.41, 5.74) is 1.92. The van der Waals surface area contributed by atoms with Gasteiger partial charge in [-0.15, -0.1) is 0 Å². The molecule has 2 aromatic rings. The Bertz CT molecular complexity index is 658. The summed E-state index contributed by atoms with van der Waals surface area (Å²) in [5, 5.41) is 0. The largest absolute Gasteiger partial charge is 0.331 e. The van der Waals surface area contributed by atoms with Crippen LogP contribution in [0.1, 0.15) is 17.8 Å². The maximum Gasteiger partial charge on any atom is 0.234 e. The summed E-state index contributed by atoms with van der Waals surface area (Å²) in [7, 11) is 0. The van der Waals surface area contributed by atoms with Crippen LogP contribution in [0, 0.1) is 6.92 Å². The Balaban J connectivity index is 1.76. The van der Waals surface area contributed by atoms with Gasteiger partial charge < -0.3 is 9.47 Å². The third-order valence-electron chi connectivity index (χ3n) is 3.51. The van der Waals surface area contributed by atoms with Crippen LogP contribution < -0.4 is 4.90 Å². The first-order valence-electron chi connectivity index (χ1n) is 6.52. The Morgan fingerprint density at radius 1 is 1.20 bits per heavy atom. The number of Topliss-reactive ketones (excluding diaryl/α,β-unsaturated/α-hetero) is 1. The fourth-order valence-electron chi connectivity index (χ4n) is 2.37. The van der Waals surface area contributed by atoms with Crippen molar-refractivity contribution >= 4 is 17.4 Å². The minimum absolute atomic E-state index is 0.0203. The molecule has 0 atom stereocenters. The van der Waals surface area contributed by atoms with E-state index in [1.54, 1.807) is 6.20 Å². The minimum atomic E-state index is -0.117. The Kier molecular flexibility index (Phi) is 3.10. The summed E-state index contributed by atoms with van der Waals surface area (Å²) in [6, 6.07) is 7.73. The Labute approximate surface area is 116 Å². The average molecular weight is 269 g/mol. The second kappa shape index (κ2) is 4.92. The monoisotopic (exact) mass is 269 g/mol. The molecule has 0 spiro atoms. The van der Waals surface area contributed by atoms with Crippen LogP contribution in [0.15, 0.2) is 36.7 Å². The molecule has 1 amide bonds. The first-order valence-corrected chi connectivity index (χ1v) is 6.52. The van der Waals surface area contributed by atoms with E-state index in [0.29, 0.717) is 0 Å². The highest BCUT2D eigenvalue weighted by molar-refractivity contribution is 6.14. The first-order chi connectivity index (χ1) is 9.63. The second-order valence-electron chi connectivity index (χ2n) is 4.96. The molecule has 1 aliphatic rings. The van der Waals surface area contributed by atoms with Crippen molar-refractivity contribution in [1.82, 2.24) is 9.55 Å². The molecule has 1 aromatic carbocycles. The number of carbonyl (C=O) groups is 2. The van der Waals surface area contributed by atoms with Crippen LogP contribution >= 0.6 is 0 Å². The number of ketones is 1. The highest BCUT2D eigenvalue weighted by Gasteiger charge is 2.28. The Morgan fingerprint density at radius 3 is 2.50 bits per heavy atom. The van der Waals surface area contributed by atoms with Gasteiger partial charge >= 0.3 is 0 Å². The summed E-state index contributed by atoms with van der Waals surface area (Å²) in [5.74, 6) is 0.829. The molecule has 0 bridgehead atoms. The Hall–Kier alpha value is -2.43. The van der Waals surface area contributed by atoms with Crippen molar-refractivity contribution in [2.45, 2.75) is 19.9 Å². The molecule has 0 unspecified atom stereocenters. The zero-order valence-electron chi connectivity index (χ0n) is 11.2. The molecule has 2 heterocycles. The molecule has 0 N–H and O–H groups in total. The molecule has 5 heteroatoms. The zero-order valence-corrected chi connectivity index (χ0v) is 11.2. The molecule has 3 rings (SSSR count). The lowest BCUT2D eigenvalue weighted by molar-refractivity contribution is -0.121. The number of imidazole rings is 1. The van der Waals surface area contributed by atoms with E-state index in [0.717, 1.165) is 23.6 Å². The lowest BCUT2D eigenvalue weighted by Crippen LogP contribution is -2.24. The number of anilines is 1. The molecule has 20 heavy (non-hydrogen) atoms. The molecule has 0 radical (unpaired) electrons. The van der Waals surface area contributed by atoms with Crippen molar-refractivity contribution in [3.63, 3.8) is 0 Å². The SMILES string of the molecule is Cc1nccn1Cc1ccc(N2CC(=O)CC2=O)cc1. The minimum Gasteiger partial charge on any atom is -0.331 e. The smallest absolute Gasteiger partial charge is 0.234 e. The van der Waals surface area contributed by atoms with Crippen molar-refractivity contribution in [2.24, 2.45) is 0 Å². The van der Waals surface area contributed by atoms with E-state index < -0.39 is 0 Å². The van der Waals surface area contributed by atoms with E-state index in [4.69, 9.17) is 0 Å². The molecule has 0 saturated carbocycles. The quantitative estimate of drug-likeness (QED) is 0.794. The molecule has 1 saturated heterocycles. The van der Waals surface area contributed by atoms with Gasteiger partial charge in [0.1, 0.15) is 5.82 Å². The second-order valence-corrected chi connectivity index (χ2v) is 4.96. The predicted octanol–water partition coefficient (Wildman–Crippen LogP) is 1.55. The van der Waals surface area contributed by atoms with Crippen LogP contribution in [0.25, 0.3) is 0 Å². The number of amides is 1. The molecule has 1 aromatic heterocycles. The maximum absolute atomic E-state index is 11.7. The van der Waals surface area contributed by atoms with Gasteiger partial charge in [-0.05, 0) is 24.6 Å². The lowest BCUT2D eigenvalue weighted by atomic mass is 10.2. The molecule has 102 valence electrons. The molecular weight excluding hydrogens is 254 g/mol. The topological polar surface area (TPSA) is 55.2 Å². The molecule has 1 fully saturated rings. The normalized spacial score (nSPS) is 15.2. The summed E-state index contributed by atoms with van der Waals surface area (Å²) in [4.78, 5) is 28.7. The van der Waals surface area contributed by atoms with Crippen molar-refractivity contribution in [1.29, 1.82) is 0 Å². The van der Waals surface area contributed by atoms with Crippen molar-refractivity contribution in [2.75, 3.05) is 11.4 Å². The van der Waals surface area contributed by atoms with Gasteiger partial charge in [-0.25, -0.2) is 4.98 Å². The summed E-state index contributed by atoms with van der Waals surface area (Å²) in [6.45, 7) is 2.90. The van der Waals surface area contributed by atoms with Gasteiger partial charge in [-0.2, -0.15) is 0 Å². The number of hydrogen-bond acceptors (Lipinski definition) is 3. The third kappa shape index (κ3) is 2.34. The number of rotatable bonds is 3. The van der Waals surface area contributed by atoms with Crippen molar-refractivity contribution in [3.8, 4) is 0 Å². The summed E-state index contributed by atoms with van der Waals surface area (Å²) < 4.78 is 2.06. The van der Waals surface area contributed by atoms with Crippen LogP contribution in [0.5, 0.6) is 0 Å². The molecule has 1 aliphatic heterocycles. The highest BCUT2D eigenvalue weighted by Crippen LogP contribution is 2.20. The number of benzene rings is 1. The fourth-order valence-corrected chi connectivity index (χ4v) is 2.37. The number of carbonyl (C=O) groups excluding carboxylic acids is 2. The van der Waals surface area contributed by atoms with Gasteiger partial charge in [0.2, 0.25) is 5.91 Å². The van der Waals surface area contributed by atoms with Crippen LogP contribution in [0.3, 0.4) is 0 Å². The number of hydrogen-bond donors (Lipinski definition) is 0. The fraction of sp³-hybridized carbons (Fsp3) is 0.267.